The monoisotopic (exact) mass is 331 g/mol. The fourth-order valence-electron chi connectivity index (χ4n) is 3.53. The van der Waals surface area contributed by atoms with Gasteiger partial charge in [-0.1, -0.05) is 62.3 Å². The van der Waals surface area contributed by atoms with Crippen LogP contribution >= 0.6 is 0 Å². The van der Waals surface area contributed by atoms with Crippen molar-refractivity contribution in [1.29, 1.82) is 0 Å². The Kier molecular flexibility index (Phi) is 5.92. The van der Waals surface area contributed by atoms with Crippen LogP contribution in [0.15, 0.2) is 30.3 Å². The molecule has 1 radical (unpaired) electrons. The normalized spacial score (nSPS) is 23.1. The van der Waals surface area contributed by atoms with Crippen molar-refractivity contribution in [2.75, 3.05) is 0 Å². The third-order valence-corrected chi connectivity index (χ3v) is 5.71. The number of amidine groups is 1. The van der Waals surface area contributed by atoms with Gasteiger partial charge in [0.2, 0.25) is 0 Å². The highest BCUT2D eigenvalue weighted by Crippen LogP contribution is 2.41. The van der Waals surface area contributed by atoms with Crippen LogP contribution in [0, 0.1) is 5.21 Å². The second-order valence-electron chi connectivity index (χ2n) is 7.63. The molecule has 0 bridgehead atoms. The Morgan fingerprint density at radius 2 is 1.58 bits per heavy atom. The zero-order chi connectivity index (χ0) is 17.8. The second kappa shape index (κ2) is 7.56. The van der Waals surface area contributed by atoms with Crippen molar-refractivity contribution >= 4 is 5.84 Å². The number of rotatable bonds is 8. The molecule has 4 nitrogen and oxygen atoms in total. The van der Waals surface area contributed by atoms with Gasteiger partial charge in [-0.15, -0.1) is 0 Å². The Morgan fingerprint density at radius 1 is 1.00 bits per heavy atom. The summed E-state index contributed by atoms with van der Waals surface area (Å²) in [6.07, 6.45) is 7.82. The van der Waals surface area contributed by atoms with Crippen LogP contribution in [0.4, 0.5) is 0 Å². The Hall–Kier alpha value is -1.55. The molecule has 0 aliphatic carbocycles. The minimum atomic E-state index is -0.747. The molecule has 2 rings (SSSR count). The maximum absolute atomic E-state index is 13.1. The molecule has 0 spiro atoms. The van der Waals surface area contributed by atoms with Crippen molar-refractivity contribution in [2.24, 2.45) is 0 Å². The number of benzene rings is 1. The van der Waals surface area contributed by atoms with Gasteiger partial charge in [-0.05, 0) is 45.7 Å². The summed E-state index contributed by atoms with van der Waals surface area (Å²) in [6.45, 7) is 7.92. The zero-order valence-corrected chi connectivity index (χ0v) is 15.5. The fraction of sp³-hybridized carbons (Fsp3) is 0.650. The minimum Gasteiger partial charge on any atom is -0.714 e. The highest BCUT2D eigenvalue weighted by molar-refractivity contribution is 5.95. The van der Waals surface area contributed by atoms with E-state index in [2.05, 4.69) is 6.92 Å². The van der Waals surface area contributed by atoms with Crippen LogP contribution in [-0.4, -0.2) is 26.7 Å². The van der Waals surface area contributed by atoms with Gasteiger partial charge in [0.05, 0.1) is 5.56 Å². The van der Waals surface area contributed by atoms with E-state index in [0.717, 1.165) is 29.1 Å². The first-order valence-electron chi connectivity index (χ1n) is 9.23. The molecule has 0 aromatic heterocycles. The average Bonchev–Trinajstić information content (AvgIpc) is 2.70. The van der Waals surface area contributed by atoms with E-state index in [4.69, 9.17) is 0 Å². The number of unbranched alkanes of at least 4 members (excludes halogenated alkanes) is 5. The summed E-state index contributed by atoms with van der Waals surface area (Å²) in [4.78, 5) is 0. The summed E-state index contributed by atoms with van der Waals surface area (Å²) < 4.78 is 0.923. The lowest BCUT2D eigenvalue weighted by molar-refractivity contribution is -0.540. The number of hydroxylamine groups is 3. The van der Waals surface area contributed by atoms with E-state index in [0.29, 0.717) is 5.56 Å². The van der Waals surface area contributed by atoms with Gasteiger partial charge in [-0.25, -0.2) is 0 Å². The van der Waals surface area contributed by atoms with Crippen molar-refractivity contribution in [3.63, 3.8) is 0 Å². The Labute approximate surface area is 146 Å². The van der Waals surface area contributed by atoms with E-state index in [9.17, 15) is 10.4 Å². The molecular weight excluding hydrogens is 300 g/mol. The SMILES string of the molecule is CCCCCCCCC1(C)N([O])C(c2ccccc2)=[N+]([O-])C1(C)C. The maximum Gasteiger partial charge on any atom is 0.316 e. The summed E-state index contributed by atoms with van der Waals surface area (Å²) in [7, 11) is 0. The quantitative estimate of drug-likeness (QED) is 0.387. The molecule has 0 saturated heterocycles. The lowest BCUT2D eigenvalue weighted by Gasteiger charge is -2.36. The highest BCUT2D eigenvalue weighted by Gasteiger charge is 2.62. The number of hydrogen-bond donors (Lipinski definition) is 0. The largest absolute Gasteiger partial charge is 0.714 e. The van der Waals surface area contributed by atoms with Crippen LogP contribution in [0.2, 0.25) is 0 Å². The van der Waals surface area contributed by atoms with Crippen LogP contribution in [-0.2, 0) is 5.21 Å². The molecule has 1 aliphatic rings. The highest BCUT2D eigenvalue weighted by atomic mass is 16.5. The Balaban J connectivity index is 2.12. The van der Waals surface area contributed by atoms with E-state index < -0.39 is 11.1 Å². The Bertz CT molecular complexity index is 568. The summed E-state index contributed by atoms with van der Waals surface area (Å²) in [5, 5.41) is 26.9. The molecule has 0 N–H and O–H groups in total. The predicted molar refractivity (Wildman–Crippen MR) is 97.2 cm³/mol. The van der Waals surface area contributed by atoms with Crippen molar-refractivity contribution in [3.8, 4) is 0 Å². The molecule has 1 unspecified atom stereocenters. The van der Waals surface area contributed by atoms with Gasteiger partial charge < -0.3 is 5.21 Å². The predicted octanol–water partition coefficient (Wildman–Crippen LogP) is 4.89. The first-order chi connectivity index (χ1) is 11.4. The second-order valence-corrected chi connectivity index (χ2v) is 7.63. The van der Waals surface area contributed by atoms with Crippen LogP contribution in [0.25, 0.3) is 0 Å². The average molecular weight is 331 g/mol. The van der Waals surface area contributed by atoms with E-state index >= 15 is 0 Å². The fourth-order valence-corrected chi connectivity index (χ4v) is 3.53. The molecule has 1 aromatic carbocycles. The molecule has 1 atom stereocenters. The van der Waals surface area contributed by atoms with Crippen molar-refractivity contribution < 1.29 is 9.95 Å². The van der Waals surface area contributed by atoms with E-state index in [1.54, 1.807) is 0 Å². The van der Waals surface area contributed by atoms with Crippen LogP contribution in [0.3, 0.4) is 0 Å². The molecule has 1 aliphatic heterocycles. The summed E-state index contributed by atoms with van der Waals surface area (Å²) in [5.74, 6) is 0.245. The lowest BCUT2D eigenvalue weighted by Crippen LogP contribution is -2.55. The summed E-state index contributed by atoms with van der Waals surface area (Å²) in [5.41, 5.74) is -0.754. The molecule has 1 aromatic rings. The Morgan fingerprint density at radius 3 is 2.21 bits per heavy atom. The smallest absolute Gasteiger partial charge is 0.316 e. The van der Waals surface area contributed by atoms with Gasteiger partial charge in [-0.2, -0.15) is 0 Å². The van der Waals surface area contributed by atoms with Gasteiger partial charge in [0.25, 0.3) is 0 Å². The lowest BCUT2D eigenvalue weighted by atomic mass is 9.78. The van der Waals surface area contributed by atoms with Gasteiger partial charge >= 0.3 is 5.84 Å². The molecule has 0 saturated carbocycles. The number of hydrogen-bond acceptors (Lipinski definition) is 2. The van der Waals surface area contributed by atoms with Crippen molar-refractivity contribution in [1.82, 2.24) is 5.06 Å². The van der Waals surface area contributed by atoms with Gasteiger partial charge in [0, 0.05) is 5.21 Å². The molecule has 24 heavy (non-hydrogen) atoms. The third kappa shape index (κ3) is 3.30. The standard InChI is InChI=1S/C20H31N2O2/c1-5-6-7-8-9-13-16-20(4)19(2,3)21(23)18(22(20)24)17-14-11-10-12-15-17/h10-12,14-15H,5-9,13,16H2,1-4H3. The first-order valence-corrected chi connectivity index (χ1v) is 9.23. The molecule has 1 heterocycles. The summed E-state index contributed by atoms with van der Waals surface area (Å²) in [6, 6.07) is 9.28. The first kappa shape index (κ1) is 18.8. The third-order valence-electron chi connectivity index (χ3n) is 5.71. The van der Waals surface area contributed by atoms with Crippen LogP contribution < -0.4 is 0 Å². The van der Waals surface area contributed by atoms with Gasteiger partial charge in [-0.3, -0.25) is 4.74 Å². The van der Waals surface area contributed by atoms with Gasteiger partial charge in [0.1, 0.15) is 5.54 Å². The minimum absolute atomic E-state index is 0.245. The van der Waals surface area contributed by atoms with E-state index in [-0.39, 0.29) is 5.84 Å². The van der Waals surface area contributed by atoms with Gasteiger partial charge in [0.15, 0.2) is 5.54 Å². The van der Waals surface area contributed by atoms with E-state index in [1.165, 1.54) is 25.7 Å². The van der Waals surface area contributed by atoms with Crippen molar-refractivity contribution in [2.45, 2.75) is 83.7 Å². The number of nitrogens with zero attached hydrogens (tertiary/aromatic N) is 2. The summed E-state index contributed by atoms with van der Waals surface area (Å²) >= 11 is 0. The maximum atomic E-state index is 13.1. The van der Waals surface area contributed by atoms with E-state index in [1.807, 2.05) is 51.1 Å². The molecule has 4 heteroatoms. The molecular formula is C20H31N2O2. The van der Waals surface area contributed by atoms with Crippen LogP contribution in [0.1, 0.15) is 78.2 Å². The van der Waals surface area contributed by atoms with Crippen LogP contribution in [0.5, 0.6) is 0 Å². The topological polar surface area (TPSA) is 49.2 Å². The molecule has 133 valence electrons. The zero-order valence-electron chi connectivity index (χ0n) is 15.5. The van der Waals surface area contributed by atoms with Crippen molar-refractivity contribution in [3.05, 3.63) is 41.1 Å². The molecule has 0 amide bonds. The molecule has 0 fully saturated rings.